The number of sulfone groups is 1. The summed E-state index contributed by atoms with van der Waals surface area (Å²) in [5.74, 6) is -0.411. The van der Waals surface area contributed by atoms with Crippen LogP contribution in [0.1, 0.15) is 10.4 Å². The normalized spacial score (nSPS) is 18.0. The topological polar surface area (TPSA) is 119 Å². The Morgan fingerprint density at radius 2 is 2.17 bits per heavy atom. The molecule has 1 unspecified atom stereocenters. The smallest absolute Gasteiger partial charge is 0.251 e. The Bertz CT molecular complexity index is 732. The molecule has 2 rings (SSSR count). The Hall–Kier alpha value is -2.13. The highest BCUT2D eigenvalue weighted by molar-refractivity contribution is 7.90. The quantitative estimate of drug-likeness (QED) is 0.736. The highest BCUT2D eigenvalue weighted by Crippen LogP contribution is 2.31. The van der Waals surface area contributed by atoms with Gasteiger partial charge < -0.3 is 20.7 Å². The second kappa shape index (κ2) is 6.55. The van der Waals surface area contributed by atoms with Gasteiger partial charge >= 0.3 is 0 Å². The summed E-state index contributed by atoms with van der Waals surface area (Å²) < 4.78 is 27.6. The first kappa shape index (κ1) is 17.2. The molecule has 0 radical (unpaired) electrons. The zero-order chi connectivity index (χ0) is 17.2. The Morgan fingerprint density at radius 3 is 2.83 bits per heavy atom. The SMILES string of the molecule is CN1C(=O)C(N)COc2ccc(C(=O)NCCS(C)(=O)=O)cc21. The Morgan fingerprint density at radius 1 is 1.48 bits per heavy atom. The van der Waals surface area contributed by atoms with E-state index in [1.165, 1.54) is 11.0 Å². The van der Waals surface area contributed by atoms with Crippen LogP contribution in [0.2, 0.25) is 0 Å². The van der Waals surface area contributed by atoms with Gasteiger partial charge in [-0.05, 0) is 18.2 Å². The number of carbonyl (C=O) groups excluding carboxylic acids is 2. The first-order chi connectivity index (χ1) is 10.7. The van der Waals surface area contributed by atoms with Gasteiger partial charge in [0, 0.05) is 25.4 Å². The van der Waals surface area contributed by atoms with E-state index < -0.39 is 21.8 Å². The largest absolute Gasteiger partial charge is 0.489 e. The third-order valence-corrected chi connectivity index (χ3v) is 4.35. The fourth-order valence-corrected chi connectivity index (χ4v) is 2.59. The molecule has 1 aromatic carbocycles. The average Bonchev–Trinajstić information content (AvgIpc) is 2.58. The lowest BCUT2D eigenvalue weighted by Gasteiger charge is -2.18. The summed E-state index contributed by atoms with van der Waals surface area (Å²) in [6.45, 7) is 0.0843. The first-order valence-electron chi connectivity index (χ1n) is 6.95. The van der Waals surface area contributed by atoms with Crippen molar-refractivity contribution in [3.05, 3.63) is 23.8 Å². The minimum Gasteiger partial charge on any atom is -0.489 e. The maximum absolute atomic E-state index is 12.1. The first-order valence-corrected chi connectivity index (χ1v) is 9.01. The molecular weight excluding hydrogens is 322 g/mol. The van der Waals surface area contributed by atoms with Gasteiger partial charge in [-0.3, -0.25) is 9.59 Å². The summed E-state index contributed by atoms with van der Waals surface area (Å²) in [4.78, 5) is 25.5. The molecule has 9 heteroatoms. The molecule has 0 saturated carbocycles. The number of nitrogens with zero attached hydrogens (tertiary/aromatic N) is 1. The molecule has 1 atom stereocenters. The van der Waals surface area contributed by atoms with Crippen molar-refractivity contribution in [1.82, 2.24) is 5.32 Å². The summed E-state index contributed by atoms with van der Waals surface area (Å²) >= 11 is 0. The lowest BCUT2D eigenvalue weighted by molar-refractivity contribution is -0.119. The highest BCUT2D eigenvalue weighted by atomic mass is 32.2. The maximum atomic E-state index is 12.1. The molecule has 0 spiro atoms. The van der Waals surface area contributed by atoms with E-state index in [0.29, 0.717) is 17.0 Å². The van der Waals surface area contributed by atoms with Crippen LogP contribution in [-0.2, 0) is 14.6 Å². The van der Waals surface area contributed by atoms with E-state index in [9.17, 15) is 18.0 Å². The van der Waals surface area contributed by atoms with Crippen molar-refractivity contribution in [1.29, 1.82) is 0 Å². The second-order valence-corrected chi connectivity index (χ2v) is 7.64. The third-order valence-electron chi connectivity index (χ3n) is 3.41. The molecule has 2 amide bonds. The van der Waals surface area contributed by atoms with Crippen molar-refractivity contribution in [2.75, 3.05) is 37.1 Å². The van der Waals surface area contributed by atoms with Crippen molar-refractivity contribution in [3.63, 3.8) is 0 Å². The fourth-order valence-electron chi connectivity index (χ4n) is 2.11. The van der Waals surface area contributed by atoms with Crippen LogP contribution in [0.25, 0.3) is 0 Å². The zero-order valence-electron chi connectivity index (χ0n) is 12.9. The molecule has 0 aromatic heterocycles. The van der Waals surface area contributed by atoms with Crippen molar-refractivity contribution in [2.45, 2.75) is 6.04 Å². The second-order valence-electron chi connectivity index (χ2n) is 5.38. The van der Waals surface area contributed by atoms with Crippen molar-refractivity contribution < 1.29 is 22.7 Å². The molecule has 0 fully saturated rings. The van der Waals surface area contributed by atoms with Crippen LogP contribution in [0, 0.1) is 0 Å². The van der Waals surface area contributed by atoms with E-state index in [0.717, 1.165) is 6.26 Å². The molecule has 23 heavy (non-hydrogen) atoms. The third kappa shape index (κ3) is 4.20. The van der Waals surface area contributed by atoms with E-state index in [1.807, 2.05) is 0 Å². The van der Waals surface area contributed by atoms with Gasteiger partial charge in [0.15, 0.2) is 0 Å². The van der Waals surface area contributed by atoms with Crippen LogP contribution >= 0.6 is 0 Å². The molecule has 1 aliphatic rings. The molecule has 1 aromatic rings. The zero-order valence-corrected chi connectivity index (χ0v) is 13.7. The number of anilines is 1. The predicted octanol–water partition coefficient (Wildman–Crippen LogP) is -0.856. The minimum absolute atomic E-state index is 0.0187. The van der Waals surface area contributed by atoms with Gasteiger partial charge in [-0.1, -0.05) is 0 Å². The fraction of sp³-hybridized carbons (Fsp3) is 0.429. The molecule has 1 heterocycles. The number of fused-ring (bicyclic) bond motifs is 1. The number of nitrogens with one attached hydrogen (secondary N) is 1. The molecule has 0 aliphatic carbocycles. The number of hydrogen-bond acceptors (Lipinski definition) is 6. The standard InChI is InChI=1S/C14H19N3O5S/c1-17-11-7-9(13(18)16-5-6-23(2,20)21)3-4-12(11)22-8-10(15)14(17)19/h3-4,7,10H,5-6,8,15H2,1-2H3,(H,16,18). The van der Waals surface area contributed by atoms with Gasteiger partial charge in [0.05, 0.1) is 11.4 Å². The Labute approximate surface area is 134 Å². The van der Waals surface area contributed by atoms with Crippen LogP contribution in [0.5, 0.6) is 5.75 Å². The monoisotopic (exact) mass is 341 g/mol. The van der Waals surface area contributed by atoms with Crippen LogP contribution in [0.4, 0.5) is 5.69 Å². The van der Waals surface area contributed by atoms with Crippen LogP contribution in [0.3, 0.4) is 0 Å². The van der Waals surface area contributed by atoms with Crippen molar-refractivity contribution >= 4 is 27.3 Å². The summed E-state index contributed by atoms with van der Waals surface area (Å²) in [5.41, 5.74) is 6.45. The Balaban J connectivity index is 2.17. The summed E-state index contributed by atoms with van der Waals surface area (Å²) in [5, 5.41) is 2.53. The molecule has 0 saturated heterocycles. The van der Waals surface area contributed by atoms with Crippen LogP contribution < -0.4 is 20.7 Å². The van der Waals surface area contributed by atoms with Gasteiger partial charge in [-0.2, -0.15) is 0 Å². The number of ether oxygens (including phenoxy) is 1. The van der Waals surface area contributed by atoms with Crippen LogP contribution in [-0.4, -0.2) is 58.5 Å². The lowest BCUT2D eigenvalue weighted by atomic mass is 10.1. The predicted molar refractivity (Wildman–Crippen MR) is 85.4 cm³/mol. The number of rotatable bonds is 4. The van der Waals surface area contributed by atoms with Crippen LogP contribution in [0.15, 0.2) is 18.2 Å². The molecule has 0 bridgehead atoms. The van der Waals surface area contributed by atoms with Crippen molar-refractivity contribution in [2.24, 2.45) is 5.73 Å². The van der Waals surface area contributed by atoms with E-state index in [-0.39, 0.29) is 24.8 Å². The number of benzene rings is 1. The van der Waals surface area contributed by atoms with Gasteiger partial charge in [0.1, 0.15) is 28.2 Å². The van der Waals surface area contributed by atoms with E-state index in [4.69, 9.17) is 10.5 Å². The molecule has 8 nitrogen and oxygen atoms in total. The Kier molecular flexibility index (Phi) is 4.90. The highest BCUT2D eigenvalue weighted by Gasteiger charge is 2.27. The summed E-state index contributed by atoms with van der Waals surface area (Å²) in [6.07, 6.45) is 1.10. The number of likely N-dealkylation sites (N-methyl/N-ethyl adjacent to an activating group) is 1. The van der Waals surface area contributed by atoms with Gasteiger partial charge in [0.2, 0.25) is 5.91 Å². The van der Waals surface area contributed by atoms with E-state index in [2.05, 4.69) is 5.32 Å². The molecular formula is C14H19N3O5S. The molecule has 126 valence electrons. The number of nitrogens with two attached hydrogens (primary N) is 1. The van der Waals surface area contributed by atoms with Gasteiger partial charge in [-0.25, -0.2) is 8.42 Å². The number of carbonyl (C=O) groups is 2. The number of amides is 2. The molecule has 1 aliphatic heterocycles. The van der Waals surface area contributed by atoms with Crippen molar-refractivity contribution in [3.8, 4) is 5.75 Å². The van der Waals surface area contributed by atoms with E-state index >= 15 is 0 Å². The number of hydrogen-bond donors (Lipinski definition) is 2. The maximum Gasteiger partial charge on any atom is 0.251 e. The average molecular weight is 341 g/mol. The lowest BCUT2D eigenvalue weighted by Crippen LogP contribution is -2.43. The van der Waals surface area contributed by atoms with E-state index in [1.54, 1.807) is 19.2 Å². The molecule has 3 N–H and O–H groups in total. The summed E-state index contributed by atoms with van der Waals surface area (Å²) in [6, 6.07) is 3.88. The minimum atomic E-state index is -3.14. The summed E-state index contributed by atoms with van der Waals surface area (Å²) in [7, 11) is -1.59. The van der Waals surface area contributed by atoms with Gasteiger partial charge in [-0.15, -0.1) is 0 Å². The van der Waals surface area contributed by atoms with Gasteiger partial charge in [0.25, 0.3) is 5.91 Å².